The van der Waals surface area contributed by atoms with Crippen LogP contribution in [0.1, 0.15) is 29.3 Å². The molecule has 7 heteroatoms. The van der Waals surface area contributed by atoms with Gasteiger partial charge in [-0.3, -0.25) is 0 Å². The van der Waals surface area contributed by atoms with Gasteiger partial charge in [0.05, 0.1) is 10.7 Å². The van der Waals surface area contributed by atoms with Crippen molar-refractivity contribution in [3.63, 3.8) is 0 Å². The first-order valence-corrected chi connectivity index (χ1v) is 9.69. The fourth-order valence-corrected chi connectivity index (χ4v) is 3.95. The van der Waals surface area contributed by atoms with Crippen LogP contribution in [0.5, 0.6) is 0 Å². The molecule has 0 amide bonds. The zero-order valence-corrected chi connectivity index (χ0v) is 16.3. The zero-order chi connectivity index (χ0) is 19.8. The van der Waals surface area contributed by atoms with Crippen molar-refractivity contribution in [2.75, 3.05) is 19.6 Å². The van der Waals surface area contributed by atoms with Crippen LogP contribution in [0.3, 0.4) is 0 Å². The number of hydrogen-bond donors (Lipinski definition) is 2. The maximum Gasteiger partial charge on any atom is 0.328 e. The van der Waals surface area contributed by atoms with Crippen LogP contribution in [0, 0.1) is 0 Å². The summed E-state index contributed by atoms with van der Waals surface area (Å²) in [6.45, 7) is 7.83. The van der Waals surface area contributed by atoms with Crippen LogP contribution in [0.15, 0.2) is 36.4 Å². The Morgan fingerprint density at radius 1 is 1.15 bits per heavy atom. The minimum atomic E-state index is -1.26. The summed E-state index contributed by atoms with van der Waals surface area (Å²) < 4.78 is 0. The van der Waals surface area contributed by atoms with Crippen LogP contribution in [0.2, 0.25) is 0 Å². The third-order valence-corrected chi connectivity index (χ3v) is 5.39. The second-order valence-electron chi connectivity index (χ2n) is 6.00. The number of rotatable bonds is 7. The molecule has 6 nitrogen and oxygen atoms in total. The topological polar surface area (TPSA) is 90.7 Å². The molecule has 0 unspecified atom stereocenters. The molecule has 3 rings (SSSR count). The smallest absolute Gasteiger partial charge is 0.328 e. The van der Waals surface area contributed by atoms with E-state index in [1.54, 1.807) is 0 Å². The van der Waals surface area contributed by atoms with Gasteiger partial charge in [-0.05, 0) is 18.7 Å². The third-order valence-electron chi connectivity index (χ3n) is 4.27. The number of likely N-dealkylation sites (N-methyl/N-ethyl adjacent to an activating group) is 1. The van der Waals surface area contributed by atoms with Gasteiger partial charge >= 0.3 is 11.9 Å². The molecule has 0 radical (unpaired) electrons. The van der Waals surface area contributed by atoms with E-state index in [4.69, 9.17) is 15.2 Å². The van der Waals surface area contributed by atoms with Gasteiger partial charge < -0.3 is 15.1 Å². The van der Waals surface area contributed by atoms with E-state index in [9.17, 15) is 9.59 Å². The number of thiazole rings is 1. The molecule has 1 heterocycles. The van der Waals surface area contributed by atoms with E-state index < -0.39 is 11.9 Å². The molecule has 0 spiro atoms. The first-order valence-electron chi connectivity index (χ1n) is 8.87. The van der Waals surface area contributed by atoms with Gasteiger partial charge in [0.25, 0.3) is 0 Å². The predicted octanol–water partition coefficient (Wildman–Crippen LogP) is 3.31. The fraction of sp³-hybridized carbons (Fsp3) is 0.350. The molecule has 27 heavy (non-hydrogen) atoms. The minimum absolute atomic E-state index is 0.558. The number of carbonyl (C=O) groups is 2. The normalized spacial score (nSPS) is 11.8. The quantitative estimate of drug-likeness (QED) is 0.604. The highest BCUT2D eigenvalue weighted by molar-refractivity contribution is 7.12. The van der Waals surface area contributed by atoms with Crippen molar-refractivity contribution in [1.29, 1.82) is 0 Å². The monoisotopic (exact) mass is 388 g/mol. The molecular formula is C20H24N2O4S. The van der Waals surface area contributed by atoms with Crippen LogP contribution >= 0.6 is 11.3 Å². The molecule has 0 fully saturated rings. The predicted molar refractivity (Wildman–Crippen MR) is 106 cm³/mol. The summed E-state index contributed by atoms with van der Waals surface area (Å²) in [6, 6.07) is 8.66. The molecule has 2 aromatic rings. The number of fused-ring (bicyclic) bond motifs is 3. The van der Waals surface area contributed by atoms with Crippen LogP contribution in [-0.2, 0) is 22.4 Å². The van der Waals surface area contributed by atoms with Gasteiger partial charge in [-0.1, -0.05) is 38.1 Å². The second kappa shape index (κ2) is 9.99. The molecule has 1 aromatic carbocycles. The molecule has 1 aliphatic carbocycles. The van der Waals surface area contributed by atoms with Crippen LogP contribution < -0.4 is 0 Å². The van der Waals surface area contributed by atoms with Crippen molar-refractivity contribution in [2.45, 2.75) is 26.7 Å². The second-order valence-corrected chi connectivity index (χ2v) is 7.17. The number of hydrogen-bond acceptors (Lipinski definition) is 5. The Balaban J connectivity index is 0.000000279. The van der Waals surface area contributed by atoms with E-state index in [-0.39, 0.29) is 0 Å². The molecule has 0 saturated heterocycles. The number of nitrogens with zero attached hydrogens (tertiary/aromatic N) is 2. The van der Waals surface area contributed by atoms with Crippen molar-refractivity contribution < 1.29 is 19.8 Å². The Hall–Kier alpha value is -2.51. The molecule has 0 aliphatic heterocycles. The average molecular weight is 388 g/mol. The summed E-state index contributed by atoms with van der Waals surface area (Å²) in [6.07, 6.45) is 3.28. The fourth-order valence-electron chi connectivity index (χ4n) is 2.85. The van der Waals surface area contributed by atoms with Crippen LogP contribution in [0.4, 0.5) is 0 Å². The van der Waals surface area contributed by atoms with Crippen molar-refractivity contribution in [3.8, 4) is 11.3 Å². The molecule has 0 saturated carbocycles. The van der Waals surface area contributed by atoms with E-state index in [1.807, 2.05) is 11.3 Å². The lowest BCUT2D eigenvalue weighted by molar-refractivity contribution is -0.134. The average Bonchev–Trinajstić information content (AvgIpc) is 3.19. The standard InChI is InChI=1S/C16H20N2S.C4H4O4/c1-3-18(4-2)10-9-15-17-16-13-8-6-5-7-12(13)11-14(16)19-15;5-3(6)1-2-4(7)8/h5-8H,3-4,9-11H2,1-2H3;1-2H,(H,5,6)(H,7,8)/b;2-1+. The summed E-state index contributed by atoms with van der Waals surface area (Å²) >= 11 is 1.90. The Morgan fingerprint density at radius 3 is 2.37 bits per heavy atom. The number of carboxylic acids is 2. The van der Waals surface area contributed by atoms with E-state index in [1.165, 1.54) is 26.7 Å². The van der Waals surface area contributed by atoms with Gasteiger partial charge in [0.2, 0.25) is 0 Å². The first kappa shape index (κ1) is 20.8. The maximum absolute atomic E-state index is 9.55. The summed E-state index contributed by atoms with van der Waals surface area (Å²) in [7, 11) is 0. The Morgan fingerprint density at radius 2 is 1.78 bits per heavy atom. The molecule has 1 aliphatic rings. The number of aromatic nitrogens is 1. The van der Waals surface area contributed by atoms with Gasteiger partial charge in [0, 0.05) is 42.0 Å². The van der Waals surface area contributed by atoms with E-state index in [0.29, 0.717) is 12.2 Å². The Bertz CT molecular complexity index is 809. The SMILES string of the molecule is CCN(CC)CCc1nc2c(s1)Cc1ccccc1-2.O=C(O)/C=C/C(=O)O. The largest absolute Gasteiger partial charge is 0.478 e. The molecule has 0 atom stereocenters. The Kier molecular flexibility index (Phi) is 7.69. The Labute approximate surface area is 162 Å². The number of aliphatic carboxylic acids is 2. The third kappa shape index (κ3) is 6.01. The number of benzene rings is 1. The van der Waals surface area contributed by atoms with Gasteiger partial charge in [0.1, 0.15) is 0 Å². The highest BCUT2D eigenvalue weighted by atomic mass is 32.1. The minimum Gasteiger partial charge on any atom is -0.478 e. The summed E-state index contributed by atoms with van der Waals surface area (Å²) in [5.41, 5.74) is 4.03. The van der Waals surface area contributed by atoms with Gasteiger partial charge in [0.15, 0.2) is 0 Å². The van der Waals surface area contributed by atoms with Gasteiger partial charge in [-0.15, -0.1) is 11.3 Å². The molecule has 0 bridgehead atoms. The van der Waals surface area contributed by atoms with E-state index in [0.717, 1.165) is 32.5 Å². The lowest BCUT2D eigenvalue weighted by Gasteiger charge is -2.16. The molecule has 144 valence electrons. The molecule has 2 N–H and O–H groups in total. The van der Waals surface area contributed by atoms with E-state index >= 15 is 0 Å². The van der Waals surface area contributed by atoms with Gasteiger partial charge in [-0.2, -0.15) is 0 Å². The van der Waals surface area contributed by atoms with Crippen LogP contribution in [0.25, 0.3) is 11.3 Å². The van der Waals surface area contributed by atoms with Crippen molar-refractivity contribution in [1.82, 2.24) is 9.88 Å². The highest BCUT2D eigenvalue weighted by Gasteiger charge is 2.22. The zero-order valence-electron chi connectivity index (χ0n) is 15.5. The van der Waals surface area contributed by atoms with Crippen LogP contribution in [-0.4, -0.2) is 51.7 Å². The van der Waals surface area contributed by atoms with E-state index in [2.05, 4.69) is 43.0 Å². The summed E-state index contributed by atoms with van der Waals surface area (Å²) in [5.74, 6) is -2.51. The highest BCUT2D eigenvalue weighted by Crippen LogP contribution is 2.39. The maximum atomic E-state index is 9.55. The van der Waals surface area contributed by atoms with Crippen molar-refractivity contribution >= 4 is 23.3 Å². The van der Waals surface area contributed by atoms with Gasteiger partial charge in [-0.25, -0.2) is 14.6 Å². The lowest BCUT2D eigenvalue weighted by atomic mass is 10.1. The first-order chi connectivity index (χ1) is 12.9. The molecule has 1 aromatic heterocycles. The molecular weight excluding hydrogens is 364 g/mol. The summed E-state index contributed by atoms with van der Waals surface area (Å²) in [5, 5.41) is 16.9. The van der Waals surface area contributed by atoms with Crippen molar-refractivity contribution in [2.24, 2.45) is 0 Å². The number of carboxylic acid groups (broad SMARTS) is 2. The van der Waals surface area contributed by atoms with Crippen molar-refractivity contribution in [3.05, 3.63) is 51.9 Å². The lowest BCUT2D eigenvalue weighted by Crippen LogP contribution is -2.25. The summed E-state index contributed by atoms with van der Waals surface area (Å²) in [4.78, 5) is 27.9.